The molecule has 8 nitrogen and oxygen atoms in total. The number of hydrogen-bond donors (Lipinski definition) is 1. The average Bonchev–Trinajstić information content (AvgIpc) is 3.50. The highest BCUT2D eigenvalue weighted by Crippen LogP contribution is 2.58. The minimum atomic E-state index is -0.588. The van der Waals surface area contributed by atoms with Crippen LogP contribution < -0.4 is 5.32 Å². The maximum absolute atomic E-state index is 13.1. The van der Waals surface area contributed by atoms with Crippen molar-refractivity contribution in [3.8, 4) is 0 Å². The number of aromatic nitrogens is 2. The second kappa shape index (κ2) is 9.49. The molecule has 1 amide bonds. The summed E-state index contributed by atoms with van der Waals surface area (Å²) in [7, 11) is 1.36. The van der Waals surface area contributed by atoms with Crippen molar-refractivity contribution in [3.05, 3.63) is 64.4 Å². The average molecular weight is 523 g/mol. The minimum absolute atomic E-state index is 0.128. The Morgan fingerprint density at radius 2 is 1.86 bits per heavy atom. The summed E-state index contributed by atoms with van der Waals surface area (Å²) in [6, 6.07) is 12.5. The van der Waals surface area contributed by atoms with E-state index in [0.717, 1.165) is 30.2 Å². The lowest BCUT2D eigenvalue weighted by molar-refractivity contribution is 0.0211. The number of rotatable bonds is 5. The number of benzene rings is 2. The normalized spacial score (nSPS) is 18.2. The number of anilines is 1. The summed E-state index contributed by atoms with van der Waals surface area (Å²) in [5, 5.41) is 4.67. The van der Waals surface area contributed by atoms with Crippen molar-refractivity contribution in [1.29, 1.82) is 0 Å². The van der Waals surface area contributed by atoms with Crippen molar-refractivity contribution in [1.82, 2.24) is 14.9 Å². The Balaban J connectivity index is 1.47. The van der Waals surface area contributed by atoms with Crippen molar-refractivity contribution >= 4 is 40.4 Å². The van der Waals surface area contributed by atoms with Crippen LogP contribution in [0.5, 0.6) is 0 Å². The smallest absolute Gasteiger partial charge is 0.410 e. The van der Waals surface area contributed by atoms with Gasteiger partial charge >= 0.3 is 12.1 Å². The molecule has 0 radical (unpaired) electrons. The topological polar surface area (TPSA) is 93.7 Å². The Morgan fingerprint density at radius 3 is 2.51 bits per heavy atom. The van der Waals surface area contributed by atoms with Crippen LogP contribution in [0, 0.1) is 5.41 Å². The number of carbonyl (C=O) groups excluding carboxylic acids is 2. The number of methoxy groups -OCH3 is 1. The molecule has 37 heavy (non-hydrogen) atoms. The fourth-order valence-corrected chi connectivity index (χ4v) is 5.10. The lowest BCUT2D eigenvalue weighted by atomic mass is 10.0. The molecule has 2 fully saturated rings. The molecule has 2 aromatic carbocycles. The first-order chi connectivity index (χ1) is 17.6. The highest BCUT2D eigenvalue weighted by atomic mass is 35.5. The molecule has 1 aromatic heterocycles. The first-order valence-electron chi connectivity index (χ1n) is 12.4. The van der Waals surface area contributed by atoms with Crippen LogP contribution in [-0.2, 0) is 16.0 Å². The van der Waals surface area contributed by atoms with Crippen molar-refractivity contribution in [2.75, 3.05) is 19.0 Å². The van der Waals surface area contributed by atoms with Gasteiger partial charge in [-0.15, -0.1) is 0 Å². The molecular weight excluding hydrogens is 492 g/mol. The highest BCUT2D eigenvalue weighted by Gasteiger charge is 2.55. The molecule has 0 bridgehead atoms. The van der Waals surface area contributed by atoms with E-state index in [4.69, 9.17) is 31.0 Å². The second-order valence-corrected chi connectivity index (χ2v) is 11.3. The summed E-state index contributed by atoms with van der Waals surface area (Å²) in [4.78, 5) is 36.5. The number of esters is 1. The summed E-state index contributed by atoms with van der Waals surface area (Å²) in [5.74, 6) is 0.800. The summed E-state index contributed by atoms with van der Waals surface area (Å²) < 4.78 is 10.5. The SMILES string of the molecule is COC(=O)c1ccc(CNc2nc([C@@H]3CC4(CC4)CN3C(=O)OC(C)(C)C)nc3cccc(Cl)c23)cc1. The predicted molar refractivity (Wildman–Crippen MR) is 142 cm³/mol. The molecule has 2 heterocycles. The van der Waals surface area contributed by atoms with Crippen LogP contribution in [0.15, 0.2) is 42.5 Å². The Labute approximate surface area is 221 Å². The van der Waals surface area contributed by atoms with Crippen molar-refractivity contribution in [3.63, 3.8) is 0 Å². The van der Waals surface area contributed by atoms with Crippen LogP contribution in [-0.4, -0.2) is 46.2 Å². The van der Waals surface area contributed by atoms with Crippen LogP contribution in [0.25, 0.3) is 10.9 Å². The predicted octanol–water partition coefficient (Wildman–Crippen LogP) is 6.14. The lowest BCUT2D eigenvalue weighted by Gasteiger charge is -2.28. The quantitative estimate of drug-likeness (QED) is 0.402. The number of ether oxygens (including phenoxy) is 2. The van der Waals surface area contributed by atoms with Crippen molar-refractivity contribution in [2.45, 2.75) is 58.2 Å². The second-order valence-electron chi connectivity index (χ2n) is 10.9. The van der Waals surface area contributed by atoms with Gasteiger partial charge in [0.15, 0.2) is 5.82 Å². The van der Waals surface area contributed by atoms with Gasteiger partial charge in [-0.2, -0.15) is 0 Å². The van der Waals surface area contributed by atoms with E-state index in [0.29, 0.717) is 40.8 Å². The summed E-state index contributed by atoms with van der Waals surface area (Å²) in [6.07, 6.45) is 2.66. The first-order valence-corrected chi connectivity index (χ1v) is 12.8. The third kappa shape index (κ3) is 5.34. The van der Waals surface area contributed by atoms with Gasteiger partial charge in [0, 0.05) is 13.1 Å². The van der Waals surface area contributed by atoms with E-state index in [1.165, 1.54) is 7.11 Å². The highest BCUT2D eigenvalue weighted by molar-refractivity contribution is 6.36. The number of nitrogens with zero attached hydrogens (tertiary/aromatic N) is 3. The molecule has 1 atom stereocenters. The third-order valence-electron chi connectivity index (χ3n) is 6.92. The van der Waals surface area contributed by atoms with Crippen LogP contribution in [0.3, 0.4) is 0 Å². The monoisotopic (exact) mass is 522 g/mol. The standard InChI is InChI=1S/C28H31ClN4O4/c1-27(2,3)37-26(35)33-16-28(12-13-28)14-21(33)23-31-20-7-5-6-19(29)22(20)24(32-23)30-15-17-8-10-18(11-9-17)25(34)36-4/h5-11,21H,12-16H2,1-4H3,(H,30,31,32)/t21-/m0/s1. The van der Waals surface area contributed by atoms with Crippen LogP contribution >= 0.6 is 11.6 Å². The van der Waals surface area contributed by atoms with Gasteiger partial charge < -0.3 is 14.8 Å². The molecule has 1 aliphatic carbocycles. The Bertz CT molecular complexity index is 1350. The molecule has 2 aliphatic rings. The molecule has 5 rings (SSSR count). The molecule has 9 heteroatoms. The number of fused-ring (bicyclic) bond motifs is 1. The van der Waals surface area contributed by atoms with E-state index in [2.05, 4.69) is 5.32 Å². The molecule has 3 aromatic rings. The van der Waals surface area contributed by atoms with E-state index < -0.39 is 5.60 Å². The number of likely N-dealkylation sites (tertiary alicyclic amines) is 1. The van der Waals surface area contributed by atoms with Gasteiger partial charge in [-0.25, -0.2) is 19.6 Å². The van der Waals surface area contributed by atoms with Crippen LogP contribution in [0.1, 0.15) is 67.8 Å². The maximum Gasteiger partial charge on any atom is 0.410 e. The fourth-order valence-electron chi connectivity index (χ4n) is 4.84. The number of hydrogen-bond acceptors (Lipinski definition) is 7. The molecular formula is C28H31ClN4O4. The zero-order valence-electron chi connectivity index (χ0n) is 21.5. The van der Waals surface area contributed by atoms with E-state index >= 15 is 0 Å². The first kappa shape index (κ1) is 25.3. The molecule has 1 saturated carbocycles. The third-order valence-corrected chi connectivity index (χ3v) is 7.23. The molecule has 1 aliphatic heterocycles. The zero-order chi connectivity index (χ0) is 26.4. The van der Waals surface area contributed by atoms with Crippen molar-refractivity contribution in [2.24, 2.45) is 5.41 Å². The van der Waals surface area contributed by atoms with E-state index in [1.54, 1.807) is 17.0 Å². The molecule has 194 valence electrons. The summed E-state index contributed by atoms with van der Waals surface area (Å²) in [6.45, 7) is 6.73. The van der Waals surface area contributed by atoms with Gasteiger partial charge in [0.2, 0.25) is 0 Å². The van der Waals surface area contributed by atoms with E-state index in [1.807, 2.05) is 51.1 Å². The summed E-state index contributed by atoms with van der Waals surface area (Å²) >= 11 is 6.58. The van der Waals surface area contributed by atoms with Gasteiger partial charge in [-0.05, 0) is 75.3 Å². The molecule has 1 N–H and O–H groups in total. The largest absolute Gasteiger partial charge is 0.465 e. The van der Waals surface area contributed by atoms with Gasteiger partial charge in [0.05, 0.1) is 34.6 Å². The van der Waals surface area contributed by atoms with Crippen LogP contribution in [0.4, 0.5) is 10.6 Å². The molecule has 1 spiro atoms. The minimum Gasteiger partial charge on any atom is -0.465 e. The molecule has 1 saturated heterocycles. The Kier molecular flexibility index (Phi) is 6.48. The van der Waals surface area contributed by atoms with E-state index in [-0.39, 0.29) is 23.5 Å². The van der Waals surface area contributed by atoms with Gasteiger partial charge in [0.25, 0.3) is 0 Å². The lowest BCUT2D eigenvalue weighted by Crippen LogP contribution is -2.37. The zero-order valence-corrected chi connectivity index (χ0v) is 22.3. The number of carbonyl (C=O) groups is 2. The maximum atomic E-state index is 13.1. The number of nitrogens with one attached hydrogen (secondary N) is 1. The van der Waals surface area contributed by atoms with Gasteiger partial charge in [0.1, 0.15) is 11.4 Å². The number of halogens is 1. The number of amides is 1. The van der Waals surface area contributed by atoms with Gasteiger partial charge in [-0.3, -0.25) is 4.90 Å². The van der Waals surface area contributed by atoms with Gasteiger partial charge in [-0.1, -0.05) is 29.8 Å². The molecule has 0 unspecified atom stereocenters. The fraction of sp³-hybridized carbons (Fsp3) is 0.429. The van der Waals surface area contributed by atoms with E-state index in [9.17, 15) is 9.59 Å². The Hall–Kier alpha value is -3.39. The van der Waals surface area contributed by atoms with Crippen LogP contribution in [0.2, 0.25) is 5.02 Å². The summed E-state index contributed by atoms with van der Waals surface area (Å²) in [5.41, 5.74) is 1.70. The van der Waals surface area contributed by atoms with Crippen molar-refractivity contribution < 1.29 is 19.1 Å². The Morgan fingerprint density at radius 1 is 1.14 bits per heavy atom.